The third-order valence-corrected chi connectivity index (χ3v) is 16.3. The van der Waals surface area contributed by atoms with Crippen LogP contribution >= 0.6 is 0 Å². The smallest absolute Gasteiger partial charge is 0.249 e. The molecule has 2 aliphatic heterocycles. The molecular weight excluding hydrogens is 759 g/mol. The largest absolute Gasteiger partial charge is 0.437 e. The van der Waals surface area contributed by atoms with Crippen LogP contribution in [-0.4, -0.2) is 13.1 Å². The quantitative estimate of drug-likeness (QED) is 0.128. The molecule has 0 bridgehead atoms. The SMILES string of the molecule is C=C1C2C(CCc3ccc4c(oc5nc(-c6ccccc6)ccc54)c3-c3cc(C(C)(C)C)cc[n+]31)c1ccc(C3CCCCC3)cc1-c1cc(CC(C)C)c([Si](C)(C)C)c[n+]12. The third kappa shape index (κ3) is 7.01. The number of pyridine rings is 3. The van der Waals surface area contributed by atoms with Crippen molar-refractivity contribution in [1.29, 1.82) is 0 Å². The molecule has 310 valence electrons. The average Bonchev–Trinajstić information content (AvgIpc) is 3.63. The standard InChI is InChI=1S/C56H63N3OSi/c1-35(2)30-41-32-49-47-31-40(37-16-12-10-13-17-37)22-23-43(47)44-24-20-39-21-25-45-46-26-27-48(38-18-14-11-15-19-38)57-55(46)60-54(45)52(39)50-33-42(56(4,5)6)28-29-58(50)36(3)53(44)59(49)34-51(41)61(7,8)9/h11,14-15,18-19,21-23,25-29,31-35,37,44,53H,3,10,12-13,16-17,20,24,30H2,1-2,4-9H3/q+2. The van der Waals surface area contributed by atoms with E-state index >= 15 is 0 Å². The molecule has 0 saturated heterocycles. The van der Waals surface area contributed by atoms with E-state index in [1.165, 1.54) is 71.2 Å². The Hall–Kier alpha value is -5.13. The van der Waals surface area contributed by atoms with Crippen LogP contribution in [0.25, 0.3) is 61.5 Å². The number of rotatable bonds is 5. The van der Waals surface area contributed by atoms with Gasteiger partial charge in [-0.15, -0.1) is 0 Å². The lowest BCUT2D eigenvalue weighted by molar-refractivity contribution is -0.726. The van der Waals surface area contributed by atoms with Gasteiger partial charge in [0.1, 0.15) is 0 Å². The topological polar surface area (TPSA) is 33.8 Å². The molecule has 2 atom stereocenters. The van der Waals surface area contributed by atoms with Crippen molar-refractivity contribution in [3.05, 3.63) is 138 Å². The second kappa shape index (κ2) is 15.0. The lowest BCUT2D eigenvalue weighted by Crippen LogP contribution is -2.57. The summed E-state index contributed by atoms with van der Waals surface area (Å²) >= 11 is 0. The van der Waals surface area contributed by atoms with Gasteiger partial charge >= 0.3 is 0 Å². The minimum Gasteiger partial charge on any atom is -0.437 e. The molecule has 0 N–H and O–H groups in total. The number of benzene rings is 3. The Labute approximate surface area is 364 Å². The van der Waals surface area contributed by atoms with Gasteiger partial charge in [-0.25, -0.2) is 4.98 Å². The van der Waals surface area contributed by atoms with E-state index < -0.39 is 8.07 Å². The van der Waals surface area contributed by atoms with Gasteiger partial charge in [-0.05, 0) is 102 Å². The number of hydrogen-bond acceptors (Lipinski definition) is 2. The van der Waals surface area contributed by atoms with Gasteiger partial charge in [-0.1, -0.05) is 128 Å². The molecular formula is C56H63N3OSi+2. The fourth-order valence-corrected chi connectivity index (χ4v) is 12.8. The van der Waals surface area contributed by atoms with E-state index in [4.69, 9.17) is 16.0 Å². The molecule has 4 aromatic heterocycles. The van der Waals surface area contributed by atoms with Gasteiger partial charge in [0.25, 0.3) is 0 Å². The molecule has 61 heavy (non-hydrogen) atoms. The highest BCUT2D eigenvalue weighted by Crippen LogP contribution is 2.48. The number of hydrogen-bond donors (Lipinski definition) is 0. The molecule has 6 heterocycles. The van der Waals surface area contributed by atoms with Crippen LogP contribution in [0.2, 0.25) is 19.6 Å². The summed E-state index contributed by atoms with van der Waals surface area (Å²) in [7, 11) is -1.74. The van der Waals surface area contributed by atoms with E-state index in [1.807, 2.05) is 6.07 Å². The maximum Gasteiger partial charge on any atom is 0.249 e. The minimum absolute atomic E-state index is 0.0334. The van der Waals surface area contributed by atoms with Crippen molar-refractivity contribution in [1.82, 2.24) is 4.98 Å². The monoisotopic (exact) mass is 821 g/mol. The zero-order valence-corrected chi connectivity index (χ0v) is 38.7. The van der Waals surface area contributed by atoms with Crippen molar-refractivity contribution in [3.8, 4) is 33.8 Å². The van der Waals surface area contributed by atoms with Crippen LogP contribution in [0.1, 0.15) is 119 Å². The first kappa shape index (κ1) is 40.0. The van der Waals surface area contributed by atoms with E-state index in [-0.39, 0.29) is 17.4 Å². The van der Waals surface area contributed by atoms with Crippen LogP contribution in [-0.2, 0) is 18.3 Å². The second-order valence-corrected chi connectivity index (χ2v) is 26.1. The van der Waals surface area contributed by atoms with Crippen molar-refractivity contribution < 1.29 is 13.6 Å². The van der Waals surface area contributed by atoms with E-state index in [0.717, 1.165) is 63.8 Å². The highest BCUT2D eigenvalue weighted by molar-refractivity contribution is 6.89. The first-order valence-corrected chi connectivity index (χ1v) is 26.6. The number of aromatic nitrogens is 3. The molecule has 1 fully saturated rings. The van der Waals surface area contributed by atoms with Gasteiger partial charge in [0.05, 0.1) is 30.8 Å². The zero-order chi connectivity index (χ0) is 42.4. The van der Waals surface area contributed by atoms with Crippen LogP contribution < -0.4 is 14.3 Å². The summed E-state index contributed by atoms with van der Waals surface area (Å²) in [4.78, 5) is 5.13. The van der Waals surface area contributed by atoms with Crippen LogP contribution in [0.3, 0.4) is 0 Å². The molecule has 3 aliphatic rings. The Kier molecular flexibility index (Phi) is 9.86. The molecule has 0 radical (unpaired) electrons. The van der Waals surface area contributed by atoms with Gasteiger partial charge in [-0.2, -0.15) is 9.13 Å². The van der Waals surface area contributed by atoms with E-state index in [9.17, 15) is 0 Å². The fourth-order valence-electron chi connectivity index (χ4n) is 11.1. The Morgan fingerprint density at radius 1 is 0.836 bits per heavy atom. The Balaban J connectivity index is 1.23. The molecule has 1 aliphatic carbocycles. The van der Waals surface area contributed by atoms with E-state index in [1.54, 1.807) is 5.19 Å². The van der Waals surface area contributed by atoms with Crippen LogP contribution in [0.15, 0.2) is 114 Å². The summed E-state index contributed by atoms with van der Waals surface area (Å²) in [6, 6.07) is 34.5. The predicted octanol–water partition coefficient (Wildman–Crippen LogP) is 13.4. The van der Waals surface area contributed by atoms with Crippen molar-refractivity contribution in [2.75, 3.05) is 0 Å². The molecule has 10 rings (SSSR count). The summed E-state index contributed by atoms with van der Waals surface area (Å²) in [5.41, 5.74) is 16.9. The summed E-state index contributed by atoms with van der Waals surface area (Å²) in [5, 5.41) is 3.73. The number of aryl methyl sites for hydroxylation is 1. The van der Waals surface area contributed by atoms with Crippen molar-refractivity contribution in [3.63, 3.8) is 0 Å². The maximum atomic E-state index is 7.01. The summed E-state index contributed by atoms with van der Waals surface area (Å²) < 4.78 is 12.1. The lowest BCUT2D eigenvalue weighted by atomic mass is 9.76. The number of furan rings is 1. The van der Waals surface area contributed by atoms with Crippen molar-refractivity contribution in [2.24, 2.45) is 5.92 Å². The van der Waals surface area contributed by atoms with E-state index in [2.05, 4.69) is 161 Å². The average molecular weight is 822 g/mol. The number of nitrogens with zero attached hydrogens (tertiary/aromatic N) is 3. The first-order chi connectivity index (χ1) is 29.2. The number of fused-ring (bicyclic) bond motifs is 13. The molecule has 0 amide bonds. The fraction of sp³-hybridized carbons (Fsp3) is 0.375. The molecule has 1 saturated carbocycles. The molecule has 4 nitrogen and oxygen atoms in total. The van der Waals surface area contributed by atoms with Gasteiger partial charge in [0.15, 0.2) is 18.0 Å². The third-order valence-electron chi connectivity index (χ3n) is 14.3. The zero-order valence-electron chi connectivity index (χ0n) is 37.7. The van der Waals surface area contributed by atoms with Gasteiger partial charge in [-0.3, -0.25) is 0 Å². The normalized spacial score (nSPS) is 18.2. The van der Waals surface area contributed by atoms with Gasteiger partial charge in [0.2, 0.25) is 28.8 Å². The first-order valence-electron chi connectivity index (χ1n) is 23.1. The molecule has 0 spiro atoms. The van der Waals surface area contributed by atoms with Crippen molar-refractivity contribution >= 4 is 41.0 Å². The molecule has 3 aromatic carbocycles. The molecule has 5 heteroatoms. The lowest BCUT2D eigenvalue weighted by Gasteiger charge is -2.32. The van der Waals surface area contributed by atoms with Gasteiger partial charge < -0.3 is 4.42 Å². The second-order valence-electron chi connectivity index (χ2n) is 21.0. The number of allylic oxidation sites excluding steroid dienone is 1. The van der Waals surface area contributed by atoms with E-state index in [0.29, 0.717) is 17.5 Å². The van der Waals surface area contributed by atoms with Crippen molar-refractivity contribution in [2.45, 2.75) is 129 Å². The summed E-state index contributed by atoms with van der Waals surface area (Å²) in [6.45, 7) is 24.4. The maximum absolute atomic E-state index is 7.01. The Morgan fingerprint density at radius 3 is 2.34 bits per heavy atom. The highest BCUT2D eigenvalue weighted by atomic mass is 28.3. The minimum atomic E-state index is -1.74. The summed E-state index contributed by atoms with van der Waals surface area (Å²) in [5.74, 6) is 1.46. The van der Waals surface area contributed by atoms with Crippen LogP contribution in [0.5, 0.6) is 0 Å². The van der Waals surface area contributed by atoms with Crippen LogP contribution in [0.4, 0.5) is 0 Å². The highest BCUT2D eigenvalue weighted by Gasteiger charge is 2.48. The predicted molar refractivity (Wildman–Crippen MR) is 256 cm³/mol. The molecule has 2 unspecified atom stereocenters. The van der Waals surface area contributed by atoms with Gasteiger partial charge in [0, 0.05) is 39.7 Å². The summed E-state index contributed by atoms with van der Waals surface area (Å²) in [6.07, 6.45) is 14.6. The molecule has 7 aromatic rings. The van der Waals surface area contributed by atoms with Crippen LogP contribution in [0, 0.1) is 5.92 Å². The Morgan fingerprint density at radius 2 is 1.61 bits per heavy atom. The Bertz CT molecular complexity index is 2850.